The molecule has 0 bridgehead atoms. The zero-order chi connectivity index (χ0) is 12.3. The maximum absolute atomic E-state index is 12.0. The van der Waals surface area contributed by atoms with Crippen LogP contribution in [0.1, 0.15) is 18.4 Å². The summed E-state index contributed by atoms with van der Waals surface area (Å²) in [5, 5.41) is 1.03. The first-order valence-corrected chi connectivity index (χ1v) is 6.47. The van der Waals surface area contributed by atoms with Crippen molar-refractivity contribution in [3.63, 3.8) is 0 Å². The van der Waals surface area contributed by atoms with E-state index >= 15 is 0 Å². The van der Waals surface area contributed by atoms with Gasteiger partial charge in [0.1, 0.15) is 5.78 Å². The molecule has 2 rings (SSSR count). The Morgan fingerprint density at radius 2 is 1.94 bits per heavy atom. The molecule has 0 saturated carbocycles. The van der Waals surface area contributed by atoms with E-state index in [4.69, 9.17) is 27.9 Å². The molecule has 0 amide bonds. The largest absolute Gasteiger partial charge is 0.381 e. The summed E-state index contributed by atoms with van der Waals surface area (Å²) in [5.74, 6) is 0.407. The van der Waals surface area contributed by atoms with Gasteiger partial charge in [-0.2, -0.15) is 0 Å². The molecule has 0 spiro atoms. The van der Waals surface area contributed by atoms with E-state index in [-0.39, 0.29) is 11.7 Å². The molecule has 4 heteroatoms. The lowest BCUT2D eigenvalue weighted by atomic mass is 9.91. The van der Waals surface area contributed by atoms with E-state index < -0.39 is 0 Å². The van der Waals surface area contributed by atoms with Crippen molar-refractivity contribution < 1.29 is 9.53 Å². The van der Waals surface area contributed by atoms with Gasteiger partial charge in [-0.15, -0.1) is 0 Å². The normalized spacial score (nSPS) is 17.1. The van der Waals surface area contributed by atoms with Crippen LogP contribution in [-0.2, 0) is 16.0 Å². The van der Waals surface area contributed by atoms with Gasteiger partial charge in [-0.1, -0.05) is 29.3 Å². The van der Waals surface area contributed by atoms with Crippen molar-refractivity contribution in [3.8, 4) is 0 Å². The highest BCUT2D eigenvalue weighted by Gasteiger charge is 2.21. The lowest BCUT2D eigenvalue weighted by Gasteiger charge is -2.20. The molecule has 0 atom stereocenters. The van der Waals surface area contributed by atoms with E-state index in [9.17, 15) is 4.79 Å². The molecule has 1 aliphatic rings. The van der Waals surface area contributed by atoms with Crippen LogP contribution in [0.5, 0.6) is 0 Å². The summed E-state index contributed by atoms with van der Waals surface area (Å²) >= 11 is 11.8. The smallest absolute Gasteiger partial charge is 0.140 e. The summed E-state index contributed by atoms with van der Waals surface area (Å²) in [4.78, 5) is 12.0. The number of Topliss-reactive ketones (excluding diaryl/α,β-unsaturated/α-hetero) is 1. The Bertz CT molecular complexity index is 412. The van der Waals surface area contributed by atoms with E-state index in [0.29, 0.717) is 29.7 Å². The van der Waals surface area contributed by atoms with Gasteiger partial charge in [0.15, 0.2) is 0 Å². The maximum Gasteiger partial charge on any atom is 0.140 e. The molecule has 1 aliphatic heterocycles. The summed E-state index contributed by atoms with van der Waals surface area (Å²) < 4.78 is 5.24. The van der Waals surface area contributed by atoms with E-state index in [1.807, 2.05) is 6.07 Å². The molecule has 1 heterocycles. The second-order valence-electron chi connectivity index (χ2n) is 4.28. The Labute approximate surface area is 111 Å². The van der Waals surface area contributed by atoms with Crippen molar-refractivity contribution in [1.82, 2.24) is 0 Å². The summed E-state index contributed by atoms with van der Waals surface area (Å²) in [6, 6.07) is 5.35. The third-order valence-electron chi connectivity index (χ3n) is 3.04. The fourth-order valence-corrected chi connectivity index (χ4v) is 2.34. The second kappa shape index (κ2) is 5.85. The first kappa shape index (κ1) is 12.9. The minimum atomic E-state index is 0.137. The summed E-state index contributed by atoms with van der Waals surface area (Å²) in [7, 11) is 0. The van der Waals surface area contributed by atoms with Crippen LogP contribution in [-0.4, -0.2) is 19.0 Å². The standard InChI is InChI=1S/C13H14Cl2O2/c14-11-2-1-9(7-12(11)15)8-13(16)10-3-5-17-6-4-10/h1-2,7,10H,3-6,8H2. The Hall–Kier alpha value is -0.570. The van der Waals surface area contributed by atoms with Crippen LogP contribution in [0.4, 0.5) is 0 Å². The van der Waals surface area contributed by atoms with Gasteiger partial charge in [0.2, 0.25) is 0 Å². The van der Waals surface area contributed by atoms with E-state index in [2.05, 4.69) is 0 Å². The summed E-state index contributed by atoms with van der Waals surface area (Å²) in [6.07, 6.45) is 2.10. The Kier molecular flexibility index (Phi) is 4.43. The van der Waals surface area contributed by atoms with Crippen molar-refractivity contribution >= 4 is 29.0 Å². The third-order valence-corrected chi connectivity index (χ3v) is 3.78. The monoisotopic (exact) mass is 272 g/mol. The number of carbonyl (C=O) groups is 1. The summed E-state index contributed by atoms with van der Waals surface area (Å²) in [6.45, 7) is 1.38. The molecule has 92 valence electrons. The Morgan fingerprint density at radius 3 is 2.59 bits per heavy atom. The highest BCUT2D eigenvalue weighted by molar-refractivity contribution is 6.42. The zero-order valence-electron chi connectivity index (χ0n) is 9.42. The van der Waals surface area contributed by atoms with Crippen LogP contribution in [0.3, 0.4) is 0 Å². The topological polar surface area (TPSA) is 26.3 Å². The van der Waals surface area contributed by atoms with Gasteiger partial charge in [-0.05, 0) is 30.5 Å². The predicted molar refractivity (Wildman–Crippen MR) is 68.7 cm³/mol. The molecule has 1 saturated heterocycles. The Morgan fingerprint density at radius 1 is 1.24 bits per heavy atom. The maximum atomic E-state index is 12.0. The second-order valence-corrected chi connectivity index (χ2v) is 5.09. The first-order chi connectivity index (χ1) is 8.16. The van der Waals surface area contributed by atoms with Crippen molar-refractivity contribution in [2.75, 3.05) is 13.2 Å². The Balaban J connectivity index is 1.99. The number of hydrogen-bond acceptors (Lipinski definition) is 2. The highest BCUT2D eigenvalue weighted by Crippen LogP contribution is 2.24. The van der Waals surface area contributed by atoms with Gasteiger partial charge < -0.3 is 4.74 Å². The lowest BCUT2D eigenvalue weighted by Crippen LogP contribution is -2.24. The molecule has 1 fully saturated rings. The molecule has 1 aromatic carbocycles. The molecule has 17 heavy (non-hydrogen) atoms. The van der Waals surface area contributed by atoms with E-state index in [1.165, 1.54) is 0 Å². The third kappa shape index (κ3) is 3.44. The number of rotatable bonds is 3. The van der Waals surface area contributed by atoms with Gasteiger partial charge in [-0.25, -0.2) is 0 Å². The molecule has 0 aromatic heterocycles. The van der Waals surface area contributed by atoms with Gasteiger partial charge in [0, 0.05) is 25.6 Å². The minimum absolute atomic E-state index is 0.137. The molecular formula is C13H14Cl2O2. The molecular weight excluding hydrogens is 259 g/mol. The lowest BCUT2D eigenvalue weighted by molar-refractivity contribution is -0.125. The molecule has 1 aromatic rings. The molecule has 0 radical (unpaired) electrons. The average Bonchev–Trinajstić information content (AvgIpc) is 2.35. The molecule has 2 nitrogen and oxygen atoms in total. The van der Waals surface area contributed by atoms with E-state index in [0.717, 1.165) is 18.4 Å². The van der Waals surface area contributed by atoms with Crippen LogP contribution in [0.25, 0.3) is 0 Å². The van der Waals surface area contributed by atoms with E-state index in [1.54, 1.807) is 12.1 Å². The predicted octanol–water partition coefficient (Wildman–Crippen LogP) is 3.53. The number of carbonyl (C=O) groups excluding carboxylic acids is 1. The number of ketones is 1. The number of benzene rings is 1. The van der Waals surface area contributed by atoms with Crippen LogP contribution >= 0.6 is 23.2 Å². The molecule has 0 N–H and O–H groups in total. The van der Waals surface area contributed by atoms with Crippen LogP contribution in [0, 0.1) is 5.92 Å². The zero-order valence-corrected chi connectivity index (χ0v) is 10.9. The van der Waals surface area contributed by atoms with Crippen LogP contribution in [0.2, 0.25) is 10.0 Å². The fourth-order valence-electron chi connectivity index (χ4n) is 2.01. The van der Waals surface area contributed by atoms with Crippen molar-refractivity contribution in [2.24, 2.45) is 5.92 Å². The van der Waals surface area contributed by atoms with Crippen molar-refractivity contribution in [1.29, 1.82) is 0 Å². The van der Waals surface area contributed by atoms with Crippen molar-refractivity contribution in [2.45, 2.75) is 19.3 Å². The quantitative estimate of drug-likeness (QED) is 0.842. The first-order valence-electron chi connectivity index (χ1n) is 5.71. The van der Waals surface area contributed by atoms with Crippen molar-refractivity contribution in [3.05, 3.63) is 33.8 Å². The molecule has 0 unspecified atom stereocenters. The van der Waals surface area contributed by atoms with Gasteiger partial charge in [-0.3, -0.25) is 4.79 Å². The van der Waals surface area contributed by atoms with Crippen LogP contribution in [0.15, 0.2) is 18.2 Å². The fraction of sp³-hybridized carbons (Fsp3) is 0.462. The minimum Gasteiger partial charge on any atom is -0.381 e. The highest BCUT2D eigenvalue weighted by atomic mass is 35.5. The number of halogens is 2. The average molecular weight is 273 g/mol. The summed E-state index contributed by atoms with van der Waals surface area (Å²) in [5.41, 5.74) is 0.927. The van der Waals surface area contributed by atoms with Gasteiger partial charge in [0.25, 0.3) is 0 Å². The van der Waals surface area contributed by atoms with Crippen LogP contribution < -0.4 is 0 Å². The number of ether oxygens (including phenoxy) is 1. The SMILES string of the molecule is O=C(Cc1ccc(Cl)c(Cl)c1)C1CCOCC1. The molecule has 0 aliphatic carbocycles. The van der Waals surface area contributed by atoms with Gasteiger partial charge in [0.05, 0.1) is 10.0 Å². The number of hydrogen-bond donors (Lipinski definition) is 0. The van der Waals surface area contributed by atoms with Gasteiger partial charge >= 0.3 is 0 Å².